The molecular formula is C41H38N6O8. The van der Waals surface area contributed by atoms with Crippen molar-refractivity contribution in [3.05, 3.63) is 143 Å². The van der Waals surface area contributed by atoms with Crippen molar-refractivity contribution in [3.8, 4) is 23.7 Å². The first-order valence-corrected chi connectivity index (χ1v) is 17.0. The molecule has 55 heavy (non-hydrogen) atoms. The quantitative estimate of drug-likeness (QED) is 0.0541. The fourth-order valence-corrected chi connectivity index (χ4v) is 4.82. The van der Waals surface area contributed by atoms with E-state index in [0.29, 0.717) is 11.1 Å². The van der Waals surface area contributed by atoms with Gasteiger partial charge in [-0.05, 0) is 79.2 Å². The predicted molar refractivity (Wildman–Crippen MR) is 200 cm³/mol. The molecule has 2 atom stereocenters. The van der Waals surface area contributed by atoms with Gasteiger partial charge in [0.25, 0.3) is 23.6 Å². The fraction of sp³-hybridized carbons (Fsp3) is 0.171. The van der Waals surface area contributed by atoms with Gasteiger partial charge < -0.3 is 21.3 Å². The van der Waals surface area contributed by atoms with Crippen molar-refractivity contribution in [1.82, 2.24) is 32.2 Å². The fourth-order valence-electron chi connectivity index (χ4n) is 4.82. The van der Waals surface area contributed by atoms with Crippen molar-refractivity contribution < 1.29 is 39.2 Å². The Hall–Kier alpha value is -7.26. The van der Waals surface area contributed by atoms with Crippen molar-refractivity contribution >= 4 is 35.4 Å². The van der Waals surface area contributed by atoms with E-state index < -0.39 is 47.5 Å². The molecule has 4 aromatic rings. The van der Waals surface area contributed by atoms with Gasteiger partial charge in [0.2, 0.25) is 11.8 Å². The van der Waals surface area contributed by atoms with Crippen molar-refractivity contribution in [2.24, 2.45) is 0 Å². The Kier molecular flexibility index (Phi) is 15.7. The molecular weight excluding hydrogens is 704 g/mol. The highest BCUT2D eigenvalue weighted by molar-refractivity contribution is 5.98. The molecule has 280 valence electrons. The summed E-state index contributed by atoms with van der Waals surface area (Å²) in [6.07, 6.45) is -0.199. The lowest BCUT2D eigenvalue weighted by Gasteiger charge is -2.18. The molecule has 14 heteroatoms. The van der Waals surface area contributed by atoms with Gasteiger partial charge in [0.05, 0.1) is 0 Å². The Morgan fingerprint density at radius 3 is 1.13 bits per heavy atom. The van der Waals surface area contributed by atoms with E-state index in [1.807, 2.05) is 60.7 Å². The van der Waals surface area contributed by atoms with E-state index in [2.05, 4.69) is 44.9 Å². The summed E-state index contributed by atoms with van der Waals surface area (Å²) in [6.45, 7) is -0.712. The SMILES string of the molecule is O=C(CCCC(=O)NCC(NC(=O)c1ccc(C#Cc2ccccc2)cc1)C(=O)NO)NCC(NC(=O)c1ccc(C#Cc2ccccc2)cc1)C(=O)NO. The van der Waals surface area contributed by atoms with E-state index in [1.165, 1.54) is 35.2 Å². The number of hydroxylamine groups is 2. The molecule has 0 saturated heterocycles. The van der Waals surface area contributed by atoms with Gasteiger partial charge in [-0.1, -0.05) is 60.1 Å². The molecule has 0 aliphatic carbocycles. The molecule has 0 radical (unpaired) electrons. The van der Waals surface area contributed by atoms with Gasteiger partial charge in [0.1, 0.15) is 12.1 Å². The molecule has 6 amide bonds. The van der Waals surface area contributed by atoms with Crippen LogP contribution in [-0.2, 0) is 19.2 Å². The molecule has 2 unspecified atom stereocenters. The Bertz CT molecular complexity index is 1930. The molecule has 0 aromatic heterocycles. The molecule has 0 fully saturated rings. The van der Waals surface area contributed by atoms with Crippen molar-refractivity contribution in [2.45, 2.75) is 31.3 Å². The van der Waals surface area contributed by atoms with Gasteiger partial charge in [-0.2, -0.15) is 0 Å². The summed E-state index contributed by atoms with van der Waals surface area (Å²) in [7, 11) is 0. The minimum atomic E-state index is -1.32. The van der Waals surface area contributed by atoms with Crippen LogP contribution in [0.4, 0.5) is 0 Å². The Morgan fingerprint density at radius 1 is 0.473 bits per heavy atom. The molecule has 0 aliphatic rings. The average Bonchev–Trinajstić information content (AvgIpc) is 3.22. The lowest BCUT2D eigenvalue weighted by molar-refractivity contribution is -0.132. The molecule has 0 aliphatic heterocycles. The third-order valence-corrected chi connectivity index (χ3v) is 7.82. The molecule has 4 rings (SSSR count). The smallest absolute Gasteiger partial charge is 0.267 e. The van der Waals surface area contributed by atoms with Crippen LogP contribution in [0.5, 0.6) is 0 Å². The van der Waals surface area contributed by atoms with Crippen LogP contribution in [-0.4, -0.2) is 71.0 Å². The van der Waals surface area contributed by atoms with Crippen LogP contribution >= 0.6 is 0 Å². The van der Waals surface area contributed by atoms with E-state index in [4.69, 9.17) is 10.4 Å². The molecule has 0 bridgehead atoms. The van der Waals surface area contributed by atoms with Gasteiger partial charge in [-0.25, -0.2) is 11.0 Å². The number of hydrogen-bond acceptors (Lipinski definition) is 8. The van der Waals surface area contributed by atoms with Crippen LogP contribution in [0.25, 0.3) is 0 Å². The second-order valence-electron chi connectivity index (χ2n) is 11.9. The van der Waals surface area contributed by atoms with Gasteiger partial charge in [-0.3, -0.25) is 39.2 Å². The number of carbonyl (C=O) groups is 6. The maximum Gasteiger partial charge on any atom is 0.267 e. The average molecular weight is 743 g/mol. The third-order valence-electron chi connectivity index (χ3n) is 7.82. The maximum absolute atomic E-state index is 12.8. The zero-order chi connectivity index (χ0) is 39.4. The zero-order valence-electron chi connectivity index (χ0n) is 29.4. The summed E-state index contributed by atoms with van der Waals surface area (Å²) >= 11 is 0. The highest BCUT2D eigenvalue weighted by Crippen LogP contribution is 2.07. The zero-order valence-corrected chi connectivity index (χ0v) is 29.4. The van der Waals surface area contributed by atoms with Gasteiger partial charge in [0.15, 0.2) is 0 Å². The number of amides is 6. The number of nitrogens with one attached hydrogen (secondary N) is 6. The monoisotopic (exact) mass is 742 g/mol. The van der Waals surface area contributed by atoms with Crippen LogP contribution in [0, 0.1) is 23.7 Å². The van der Waals surface area contributed by atoms with E-state index >= 15 is 0 Å². The van der Waals surface area contributed by atoms with Crippen LogP contribution in [0.3, 0.4) is 0 Å². The lowest BCUT2D eigenvalue weighted by Crippen LogP contribution is -2.52. The van der Waals surface area contributed by atoms with Crippen molar-refractivity contribution in [2.75, 3.05) is 13.1 Å². The summed E-state index contributed by atoms with van der Waals surface area (Å²) in [5.74, 6) is 7.76. The van der Waals surface area contributed by atoms with Crippen molar-refractivity contribution in [1.29, 1.82) is 0 Å². The number of benzene rings is 4. The minimum Gasteiger partial charge on any atom is -0.353 e. The first-order chi connectivity index (χ1) is 26.6. The van der Waals surface area contributed by atoms with E-state index in [-0.39, 0.29) is 43.5 Å². The first kappa shape index (κ1) is 40.5. The summed E-state index contributed by atoms with van der Waals surface area (Å²) in [5.41, 5.74) is 6.35. The molecule has 14 nitrogen and oxygen atoms in total. The third kappa shape index (κ3) is 13.7. The summed E-state index contributed by atoms with van der Waals surface area (Å²) in [4.78, 5) is 75.0. The van der Waals surface area contributed by atoms with Crippen LogP contribution in [0.15, 0.2) is 109 Å². The predicted octanol–water partition coefficient (Wildman–Crippen LogP) is 1.80. The molecule has 8 N–H and O–H groups in total. The van der Waals surface area contributed by atoms with E-state index in [0.717, 1.165) is 11.1 Å². The standard InChI is InChI=1S/C41H38N6O8/c48-36(42-26-34(40(52)46-54)44-38(50)32-22-18-30(19-23-32)16-14-28-8-3-1-4-9-28)12-7-13-37(49)43-27-35(41(53)47-55)45-39(51)33-24-20-31(21-25-33)17-15-29-10-5-2-6-11-29/h1-6,8-11,18-25,34-35,54-55H,7,12-13,26-27H2,(H,42,48)(H,43,49)(H,44,50)(H,45,51)(H,46,52)(H,47,53). The van der Waals surface area contributed by atoms with Crippen molar-refractivity contribution in [3.63, 3.8) is 0 Å². The maximum atomic E-state index is 12.8. The second kappa shape index (κ2) is 21.3. The Labute approximate surface area is 317 Å². The molecule has 0 saturated carbocycles. The van der Waals surface area contributed by atoms with Gasteiger partial charge in [-0.15, -0.1) is 0 Å². The highest BCUT2D eigenvalue weighted by atomic mass is 16.5. The highest BCUT2D eigenvalue weighted by Gasteiger charge is 2.23. The summed E-state index contributed by atoms with van der Waals surface area (Å²) < 4.78 is 0. The number of carbonyl (C=O) groups excluding carboxylic acids is 6. The van der Waals surface area contributed by atoms with Crippen LogP contribution < -0.4 is 32.2 Å². The molecule has 4 aromatic carbocycles. The molecule has 0 heterocycles. The van der Waals surface area contributed by atoms with E-state index in [9.17, 15) is 28.8 Å². The summed E-state index contributed by atoms with van der Waals surface area (Å²) in [6, 6.07) is 28.8. The Morgan fingerprint density at radius 2 is 0.800 bits per heavy atom. The Balaban J connectivity index is 1.19. The first-order valence-electron chi connectivity index (χ1n) is 17.0. The number of hydrogen-bond donors (Lipinski definition) is 8. The minimum absolute atomic E-state index is 0.0726. The van der Waals surface area contributed by atoms with Crippen LogP contribution in [0.2, 0.25) is 0 Å². The summed E-state index contributed by atoms with van der Waals surface area (Å²) in [5, 5.41) is 28.2. The van der Waals surface area contributed by atoms with E-state index in [1.54, 1.807) is 24.3 Å². The largest absolute Gasteiger partial charge is 0.353 e. The topological polar surface area (TPSA) is 215 Å². The molecule has 0 spiro atoms. The second-order valence-corrected chi connectivity index (χ2v) is 11.9. The van der Waals surface area contributed by atoms with Gasteiger partial charge in [0, 0.05) is 59.3 Å². The normalized spacial score (nSPS) is 11.1. The number of rotatable bonds is 14. The lowest BCUT2D eigenvalue weighted by atomic mass is 10.1. The van der Waals surface area contributed by atoms with Gasteiger partial charge >= 0.3 is 0 Å². The van der Waals surface area contributed by atoms with Crippen LogP contribution in [0.1, 0.15) is 62.2 Å².